The number of allylic oxidation sites excluding steroid dienone is 2. The second-order valence-corrected chi connectivity index (χ2v) is 2.34. The lowest BCUT2D eigenvalue weighted by molar-refractivity contribution is 0.448. The molecule has 1 heteroatoms. The molecule has 0 aromatic heterocycles. The van der Waals surface area contributed by atoms with E-state index in [9.17, 15) is 0 Å². The van der Waals surface area contributed by atoms with Gasteiger partial charge in [0, 0.05) is 6.54 Å². The van der Waals surface area contributed by atoms with E-state index in [1.807, 2.05) is 0 Å². The first-order valence-electron chi connectivity index (χ1n) is 2.81. The zero-order valence-corrected chi connectivity index (χ0v) is 5.39. The minimum atomic E-state index is 1.08. The quantitative estimate of drug-likeness (QED) is 0.512. The van der Waals surface area contributed by atoms with E-state index in [1.54, 1.807) is 0 Å². The van der Waals surface area contributed by atoms with Gasteiger partial charge in [-0.15, -0.1) is 0 Å². The molecule has 0 bridgehead atoms. The summed E-state index contributed by atoms with van der Waals surface area (Å²) in [6, 6.07) is 0. The summed E-state index contributed by atoms with van der Waals surface area (Å²) in [4.78, 5) is 2.16. The number of rotatable bonds is 2. The number of likely N-dealkylation sites (N-methyl/N-ethyl adjacent to an activating group) is 1. The zero-order chi connectivity index (χ0) is 5.98. The van der Waals surface area contributed by atoms with Crippen molar-refractivity contribution in [3.05, 3.63) is 23.8 Å². The molecule has 0 N–H and O–H groups in total. The van der Waals surface area contributed by atoms with E-state index in [-0.39, 0.29) is 0 Å². The van der Waals surface area contributed by atoms with Crippen LogP contribution in [0.15, 0.2) is 23.8 Å². The van der Waals surface area contributed by atoms with Crippen LogP contribution in [-0.4, -0.2) is 25.5 Å². The van der Waals surface area contributed by atoms with Crippen LogP contribution in [0.4, 0.5) is 0 Å². The molecule has 0 heterocycles. The molecule has 1 aliphatic rings. The van der Waals surface area contributed by atoms with Gasteiger partial charge >= 0.3 is 0 Å². The maximum atomic E-state index is 2.16. The van der Waals surface area contributed by atoms with E-state index < -0.39 is 0 Å². The highest BCUT2D eigenvalue weighted by molar-refractivity contribution is 5.35. The lowest BCUT2D eigenvalue weighted by Crippen LogP contribution is -2.15. The van der Waals surface area contributed by atoms with Crippen molar-refractivity contribution in [2.45, 2.75) is 0 Å². The Morgan fingerprint density at radius 1 is 1.50 bits per heavy atom. The Balaban J connectivity index is 2.20. The molecule has 0 fully saturated rings. The van der Waals surface area contributed by atoms with E-state index in [1.165, 1.54) is 5.57 Å². The monoisotopic (exact) mass is 109 g/mol. The number of hydrogen-bond donors (Lipinski definition) is 0. The molecule has 0 amide bonds. The maximum absolute atomic E-state index is 2.16. The molecule has 0 unspecified atom stereocenters. The van der Waals surface area contributed by atoms with Gasteiger partial charge in [0.25, 0.3) is 0 Å². The minimum Gasteiger partial charge on any atom is -0.305 e. The summed E-state index contributed by atoms with van der Waals surface area (Å²) < 4.78 is 0. The van der Waals surface area contributed by atoms with Gasteiger partial charge in [-0.1, -0.05) is 18.2 Å². The molecule has 0 aliphatic heterocycles. The highest BCUT2D eigenvalue weighted by Gasteiger charge is 1.97. The van der Waals surface area contributed by atoms with Crippen molar-refractivity contribution in [2.24, 2.45) is 0 Å². The molecule has 1 aliphatic carbocycles. The van der Waals surface area contributed by atoms with Gasteiger partial charge in [-0.05, 0) is 19.7 Å². The van der Waals surface area contributed by atoms with Gasteiger partial charge in [0.2, 0.25) is 0 Å². The van der Waals surface area contributed by atoms with Crippen molar-refractivity contribution in [2.75, 3.05) is 20.6 Å². The van der Waals surface area contributed by atoms with Crippen molar-refractivity contribution in [1.82, 2.24) is 4.90 Å². The smallest absolute Gasteiger partial charge is 0.0227 e. The number of nitrogens with zero attached hydrogens (tertiary/aromatic N) is 1. The van der Waals surface area contributed by atoms with Crippen LogP contribution in [0.5, 0.6) is 0 Å². The predicted octanol–water partition coefficient (Wildman–Crippen LogP) is 1.04. The molecule has 1 nitrogen and oxygen atoms in total. The Hall–Kier alpha value is -0.560. The van der Waals surface area contributed by atoms with Crippen molar-refractivity contribution in [3.63, 3.8) is 0 Å². The van der Waals surface area contributed by atoms with Crippen LogP contribution in [0.3, 0.4) is 0 Å². The third kappa shape index (κ3) is 1.20. The fourth-order valence-corrected chi connectivity index (χ4v) is 0.703. The molecule has 0 atom stereocenters. The summed E-state index contributed by atoms with van der Waals surface area (Å²) in [5, 5.41) is 0. The summed E-state index contributed by atoms with van der Waals surface area (Å²) >= 11 is 0. The molecule has 8 heavy (non-hydrogen) atoms. The third-order valence-electron chi connectivity index (χ3n) is 1.12. The molecular formula is C7H11N. The molecule has 0 aromatic carbocycles. The Kier molecular flexibility index (Phi) is 1.49. The predicted molar refractivity (Wildman–Crippen MR) is 35.8 cm³/mol. The molecule has 44 valence electrons. The van der Waals surface area contributed by atoms with Crippen LogP contribution in [-0.2, 0) is 0 Å². The second kappa shape index (κ2) is 2.14. The van der Waals surface area contributed by atoms with E-state index in [2.05, 4.69) is 37.2 Å². The zero-order valence-electron chi connectivity index (χ0n) is 5.39. The van der Waals surface area contributed by atoms with Gasteiger partial charge < -0.3 is 4.90 Å². The van der Waals surface area contributed by atoms with Gasteiger partial charge in [0.15, 0.2) is 0 Å². The van der Waals surface area contributed by atoms with Crippen molar-refractivity contribution in [1.29, 1.82) is 0 Å². The lowest BCUT2D eigenvalue weighted by atomic mass is 10.1. The lowest BCUT2D eigenvalue weighted by Gasteiger charge is -2.12. The summed E-state index contributed by atoms with van der Waals surface area (Å²) in [7, 11) is 4.15. The molecule has 0 aromatic rings. The highest BCUT2D eigenvalue weighted by Crippen LogP contribution is 2.06. The topological polar surface area (TPSA) is 3.24 Å². The van der Waals surface area contributed by atoms with Gasteiger partial charge in [0.1, 0.15) is 0 Å². The van der Waals surface area contributed by atoms with Crippen LogP contribution < -0.4 is 0 Å². The van der Waals surface area contributed by atoms with E-state index >= 15 is 0 Å². The van der Waals surface area contributed by atoms with Crippen molar-refractivity contribution in [3.8, 4) is 0 Å². The summed E-state index contributed by atoms with van der Waals surface area (Å²) in [5.41, 5.74) is 1.43. The summed E-state index contributed by atoms with van der Waals surface area (Å²) in [6.07, 6.45) is 6.35. The second-order valence-electron chi connectivity index (χ2n) is 2.34. The molecule has 1 rings (SSSR count). The Morgan fingerprint density at radius 2 is 2.12 bits per heavy atom. The van der Waals surface area contributed by atoms with Gasteiger partial charge in [-0.2, -0.15) is 0 Å². The first-order valence-corrected chi connectivity index (χ1v) is 2.81. The van der Waals surface area contributed by atoms with Gasteiger partial charge in [-0.3, -0.25) is 0 Å². The van der Waals surface area contributed by atoms with E-state index in [0.29, 0.717) is 0 Å². The first-order chi connectivity index (χ1) is 3.79. The standard InChI is InChI=1S/C7H11N/c1-8(2)6-7-4-3-5-7/h3-5H,6H2,1-2H3. The molecule has 0 spiro atoms. The Bertz CT molecular complexity index is 131. The van der Waals surface area contributed by atoms with E-state index in [4.69, 9.17) is 0 Å². The summed E-state index contributed by atoms with van der Waals surface area (Å²) in [5.74, 6) is 0. The molecular weight excluding hydrogens is 98.1 g/mol. The molecule has 0 saturated carbocycles. The fraction of sp³-hybridized carbons (Fsp3) is 0.429. The largest absolute Gasteiger partial charge is 0.305 e. The normalized spacial score (nSPS) is 16.1. The first kappa shape index (κ1) is 5.57. The summed E-state index contributed by atoms with van der Waals surface area (Å²) in [6.45, 7) is 1.08. The minimum absolute atomic E-state index is 1.08. The van der Waals surface area contributed by atoms with Gasteiger partial charge in [-0.25, -0.2) is 0 Å². The third-order valence-corrected chi connectivity index (χ3v) is 1.12. The highest BCUT2D eigenvalue weighted by atomic mass is 15.0. The number of hydrogen-bond acceptors (Lipinski definition) is 1. The van der Waals surface area contributed by atoms with Crippen LogP contribution in [0.25, 0.3) is 0 Å². The SMILES string of the molecule is CN(C)CC1=CC=C1. The van der Waals surface area contributed by atoms with Crippen LogP contribution >= 0.6 is 0 Å². The fourth-order valence-electron chi connectivity index (χ4n) is 0.703. The maximum Gasteiger partial charge on any atom is 0.0227 e. The van der Waals surface area contributed by atoms with Crippen LogP contribution in [0, 0.1) is 0 Å². The van der Waals surface area contributed by atoms with Crippen LogP contribution in [0.2, 0.25) is 0 Å². The molecule has 0 radical (unpaired) electrons. The van der Waals surface area contributed by atoms with Crippen molar-refractivity contribution >= 4 is 0 Å². The van der Waals surface area contributed by atoms with Crippen molar-refractivity contribution < 1.29 is 0 Å². The average molecular weight is 109 g/mol. The van der Waals surface area contributed by atoms with Crippen LogP contribution in [0.1, 0.15) is 0 Å². The van der Waals surface area contributed by atoms with E-state index in [0.717, 1.165) is 6.54 Å². The van der Waals surface area contributed by atoms with Gasteiger partial charge in [0.05, 0.1) is 0 Å². The Morgan fingerprint density at radius 3 is 2.25 bits per heavy atom. The molecule has 0 saturated heterocycles. The average Bonchev–Trinajstić information content (AvgIpc) is 1.55. The Labute approximate surface area is 50.3 Å².